The number of benzene rings is 1. The van der Waals surface area contributed by atoms with Gasteiger partial charge >= 0.3 is 5.63 Å². The number of fused-ring (bicyclic) bond motifs is 1. The van der Waals surface area contributed by atoms with Crippen LogP contribution in [-0.2, 0) is 10.3 Å². The van der Waals surface area contributed by atoms with Crippen molar-refractivity contribution in [3.8, 4) is 17.0 Å². The van der Waals surface area contributed by atoms with E-state index < -0.39 is 21.9 Å². The number of non-ortho nitro benzene ring substituents is 1. The van der Waals surface area contributed by atoms with Crippen LogP contribution in [0.4, 0.5) is 5.69 Å². The van der Waals surface area contributed by atoms with Crippen LogP contribution in [0.3, 0.4) is 0 Å². The molecular formula is C18H22N2O6. The average molecular weight is 362 g/mol. The summed E-state index contributed by atoms with van der Waals surface area (Å²) in [4.78, 5) is 22.9. The van der Waals surface area contributed by atoms with Gasteiger partial charge in [-0.15, -0.1) is 0 Å². The van der Waals surface area contributed by atoms with Gasteiger partial charge in [0.25, 0.3) is 5.69 Å². The minimum atomic E-state index is -0.927. The smallest absolute Gasteiger partial charge is 0.369 e. The quantitative estimate of drug-likeness (QED) is 0.608. The van der Waals surface area contributed by atoms with Crippen molar-refractivity contribution < 1.29 is 18.9 Å². The van der Waals surface area contributed by atoms with Gasteiger partial charge in [0.1, 0.15) is 5.56 Å². The van der Waals surface area contributed by atoms with Crippen molar-refractivity contribution in [2.24, 2.45) is 0 Å². The Morgan fingerprint density at radius 1 is 1.23 bits per heavy atom. The predicted octanol–water partition coefficient (Wildman–Crippen LogP) is 3.68. The van der Waals surface area contributed by atoms with Crippen molar-refractivity contribution in [1.29, 1.82) is 0 Å². The van der Waals surface area contributed by atoms with Crippen LogP contribution in [0, 0.1) is 10.1 Å². The molecule has 0 fully saturated rings. The molecule has 1 aliphatic heterocycles. The zero-order valence-electron chi connectivity index (χ0n) is 15.4. The van der Waals surface area contributed by atoms with Crippen molar-refractivity contribution >= 4 is 5.69 Å². The lowest BCUT2D eigenvalue weighted by atomic mass is 9.93. The van der Waals surface area contributed by atoms with Gasteiger partial charge in [0.2, 0.25) is 11.7 Å². The minimum absolute atomic E-state index is 0.0551. The van der Waals surface area contributed by atoms with E-state index in [9.17, 15) is 14.9 Å². The summed E-state index contributed by atoms with van der Waals surface area (Å²) in [5.74, 6) is -0.660. The first-order valence-electron chi connectivity index (χ1n) is 8.41. The average Bonchev–Trinajstić information content (AvgIpc) is 2.82. The third-order valence-corrected chi connectivity index (χ3v) is 4.24. The summed E-state index contributed by atoms with van der Waals surface area (Å²) in [6.07, 6.45) is 0.423. The van der Waals surface area contributed by atoms with Crippen LogP contribution in [0.2, 0.25) is 0 Å². The predicted molar refractivity (Wildman–Crippen MR) is 94.3 cm³/mol. The fraction of sp³-hybridized carbons (Fsp3) is 0.500. The van der Waals surface area contributed by atoms with Gasteiger partial charge < -0.3 is 14.0 Å². The third-order valence-electron chi connectivity index (χ3n) is 4.24. The third kappa shape index (κ3) is 3.12. The number of ether oxygens (including phenoxy) is 2. The molecule has 8 heteroatoms. The summed E-state index contributed by atoms with van der Waals surface area (Å²) in [6.45, 7) is 9.52. The van der Waals surface area contributed by atoms with Gasteiger partial charge in [0, 0.05) is 25.5 Å². The highest BCUT2D eigenvalue weighted by atomic mass is 16.7. The molecule has 0 amide bonds. The second-order valence-electron chi connectivity index (χ2n) is 7.55. The Balaban J connectivity index is 2.12. The maximum absolute atomic E-state index is 12.5. The van der Waals surface area contributed by atoms with E-state index in [4.69, 9.17) is 14.0 Å². The Morgan fingerprint density at radius 3 is 2.38 bits per heavy atom. The molecule has 2 heterocycles. The van der Waals surface area contributed by atoms with Gasteiger partial charge in [-0.1, -0.05) is 0 Å². The lowest BCUT2D eigenvalue weighted by molar-refractivity contribution is -0.384. The second kappa shape index (κ2) is 5.98. The summed E-state index contributed by atoms with van der Waals surface area (Å²) in [5, 5.41) is 10.9. The first-order valence-corrected chi connectivity index (χ1v) is 8.41. The summed E-state index contributed by atoms with van der Waals surface area (Å²) < 4.78 is 18.9. The first kappa shape index (κ1) is 18.2. The Labute approximate surface area is 150 Å². The molecule has 140 valence electrons. The van der Waals surface area contributed by atoms with Gasteiger partial charge in [0.05, 0.1) is 16.6 Å². The van der Waals surface area contributed by atoms with Gasteiger partial charge in [-0.2, -0.15) is 4.74 Å². The number of aromatic nitrogens is 1. The van der Waals surface area contributed by atoms with Crippen molar-refractivity contribution in [1.82, 2.24) is 4.74 Å². The van der Waals surface area contributed by atoms with E-state index in [1.165, 1.54) is 29.0 Å². The molecule has 1 aromatic carbocycles. The van der Waals surface area contributed by atoms with Crippen LogP contribution in [0.15, 0.2) is 33.6 Å². The van der Waals surface area contributed by atoms with Crippen molar-refractivity contribution in [2.45, 2.75) is 58.5 Å². The lowest BCUT2D eigenvalue weighted by Crippen LogP contribution is -2.49. The number of hydrogen-bond donors (Lipinski definition) is 0. The molecule has 0 saturated heterocycles. The largest absolute Gasteiger partial charge is 0.444 e. The summed E-state index contributed by atoms with van der Waals surface area (Å²) in [6, 6.07) is 5.71. The molecule has 0 saturated carbocycles. The molecule has 0 spiro atoms. The van der Waals surface area contributed by atoms with Gasteiger partial charge in [-0.05, 0) is 45.4 Å². The SMILES string of the molecule is CC(C)OC1(C)CC(C)(C)n2oc(=O)c(-c3ccc([N+](=O)[O-])cc3)c2O1. The Kier molecular flexibility index (Phi) is 4.18. The van der Waals surface area contributed by atoms with E-state index in [2.05, 4.69) is 0 Å². The Hall–Kier alpha value is -2.61. The highest BCUT2D eigenvalue weighted by Crippen LogP contribution is 2.44. The minimum Gasteiger partial charge on any atom is -0.444 e. The molecule has 1 unspecified atom stereocenters. The molecule has 1 aromatic heterocycles. The number of nitro groups is 1. The fourth-order valence-electron chi connectivity index (χ4n) is 3.50. The second-order valence-corrected chi connectivity index (χ2v) is 7.55. The molecule has 0 radical (unpaired) electrons. The van der Waals surface area contributed by atoms with Gasteiger partial charge in [0.15, 0.2) is 0 Å². The van der Waals surface area contributed by atoms with E-state index in [1.807, 2.05) is 34.6 Å². The Bertz CT molecular complexity index is 893. The molecule has 1 aliphatic rings. The number of hydrogen-bond acceptors (Lipinski definition) is 6. The highest BCUT2D eigenvalue weighted by Gasteiger charge is 2.46. The van der Waals surface area contributed by atoms with Crippen LogP contribution in [0.1, 0.15) is 41.0 Å². The van der Waals surface area contributed by atoms with E-state index >= 15 is 0 Å². The normalized spacial score (nSPS) is 21.3. The van der Waals surface area contributed by atoms with E-state index in [1.54, 1.807) is 0 Å². The molecule has 0 aliphatic carbocycles. The zero-order valence-corrected chi connectivity index (χ0v) is 15.4. The van der Waals surface area contributed by atoms with Gasteiger partial charge in [-0.3, -0.25) is 10.1 Å². The topological polar surface area (TPSA) is 96.7 Å². The monoisotopic (exact) mass is 362 g/mol. The van der Waals surface area contributed by atoms with Crippen LogP contribution < -0.4 is 10.4 Å². The fourth-order valence-corrected chi connectivity index (χ4v) is 3.50. The molecular weight excluding hydrogens is 340 g/mol. The maximum atomic E-state index is 12.5. The highest BCUT2D eigenvalue weighted by molar-refractivity contribution is 5.69. The van der Waals surface area contributed by atoms with E-state index in [0.29, 0.717) is 12.0 Å². The van der Waals surface area contributed by atoms with Crippen LogP contribution in [-0.4, -0.2) is 21.6 Å². The summed E-state index contributed by atoms with van der Waals surface area (Å²) in [5.41, 5.74) is -0.444. The standard InChI is InChI=1S/C18H22N2O6/c1-11(2)24-18(5)10-17(3,4)19-15(25-18)14(16(21)26-19)12-6-8-13(9-7-12)20(22)23/h6-9,11H,10H2,1-5H3. The van der Waals surface area contributed by atoms with E-state index in [0.717, 1.165) is 0 Å². The molecule has 26 heavy (non-hydrogen) atoms. The zero-order chi connectivity index (χ0) is 19.3. The number of nitro benzene ring substituents is 1. The molecule has 0 bridgehead atoms. The van der Waals surface area contributed by atoms with Crippen LogP contribution >= 0.6 is 0 Å². The van der Waals surface area contributed by atoms with Crippen molar-refractivity contribution in [3.63, 3.8) is 0 Å². The molecule has 8 nitrogen and oxygen atoms in total. The lowest BCUT2D eigenvalue weighted by Gasteiger charge is -2.43. The molecule has 1 atom stereocenters. The first-order chi connectivity index (χ1) is 12.0. The van der Waals surface area contributed by atoms with Crippen LogP contribution in [0.5, 0.6) is 5.88 Å². The molecule has 2 aromatic rings. The Morgan fingerprint density at radius 2 is 1.85 bits per heavy atom. The van der Waals surface area contributed by atoms with E-state index in [-0.39, 0.29) is 23.2 Å². The maximum Gasteiger partial charge on any atom is 0.369 e. The molecule has 0 N–H and O–H groups in total. The summed E-state index contributed by atoms with van der Waals surface area (Å²) in [7, 11) is 0. The van der Waals surface area contributed by atoms with Crippen molar-refractivity contribution in [3.05, 3.63) is 44.8 Å². The number of nitrogens with zero attached hydrogens (tertiary/aromatic N) is 2. The van der Waals surface area contributed by atoms with Gasteiger partial charge in [-0.25, -0.2) is 4.79 Å². The molecule has 3 rings (SSSR count). The summed E-state index contributed by atoms with van der Waals surface area (Å²) >= 11 is 0. The van der Waals surface area contributed by atoms with Crippen LogP contribution in [0.25, 0.3) is 11.1 Å². The number of rotatable bonds is 4. The van der Waals surface area contributed by atoms with Crippen molar-refractivity contribution in [2.75, 3.05) is 0 Å².